The van der Waals surface area contributed by atoms with Crippen LogP contribution in [0.2, 0.25) is 0 Å². The average molecular weight is 217 g/mol. The average Bonchev–Trinajstić information content (AvgIpc) is 1.98. The van der Waals surface area contributed by atoms with Gasteiger partial charge in [0, 0.05) is 17.9 Å². The third kappa shape index (κ3) is 4.20. The van der Waals surface area contributed by atoms with Crippen LogP contribution in [0.4, 0.5) is 0 Å². The standard InChI is InChI=1S/C11H23NOS/c1-11(2,3)14(13)12-9-5-8-10-6-4-7-10/h10,12H,4-9H2,1-3H3. The molecule has 0 aromatic carbocycles. The second-order valence-electron chi connectivity index (χ2n) is 5.21. The normalized spacial score (nSPS) is 20.6. The molecule has 0 spiro atoms. The first-order valence-corrected chi connectivity index (χ1v) is 6.80. The van der Waals surface area contributed by atoms with E-state index in [-0.39, 0.29) is 4.75 Å². The van der Waals surface area contributed by atoms with Gasteiger partial charge in [0.25, 0.3) is 0 Å². The van der Waals surface area contributed by atoms with Crippen molar-refractivity contribution in [2.45, 2.75) is 57.6 Å². The van der Waals surface area contributed by atoms with Crippen molar-refractivity contribution in [2.24, 2.45) is 5.92 Å². The smallest absolute Gasteiger partial charge is 0.136 e. The molecule has 0 radical (unpaired) electrons. The first-order valence-electron chi connectivity index (χ1n) is 5.65. The molecule has 0 bridgehead atoms. The second kappa shape index (κ2) is 5.38. The van der Waals surface area contributed by atoms with Gasteiger partial charge in [0.05, 0.1) is 0 Å². The van der Waals surface area contributed by atoms with Crippen LogP contribution >= 0.6 is 0 Å². The Morgan fingerprint density at radius 1 is 1.36 bits per heavy atom. The topological polar surface area (TPSA) is 35.1 Å². The minimum Gasteiger partial charge on any atom is -0.598 e. The molecule has 1 saturated carbocycles. The summed E-state index contributed by atoms with van der Waals surface area (Å²) in [7, 11) is 0. The van der Waals surface area contributed by atoms with Crippen molar-refractivity contribution in [3.8, 4) is 0 Å². The molecule has 0 aromatic heterocycles. The summed E-state index contributed by atoms with van der Waals surface area (Å²) in [5.74, 6) is 0.972. The lowest BCUT2D eigenvalue weighted by molar-refractivity contribution is 0.290. The Morgan fingerprint density at radius 3 is 2.43 bits per heavy atom. The highest BCUT2D eigenvalue weighted by molar-refractivity contribution is 7.90. The van der Waals surface area contributed by atoms with E-state index in [0.717, 1.165) is 12.5 Å². The number of nitrogens with one attached hydrogen (secondary N) is 1. The number of rotatable bonds is 5. The van der Waals surface area contributed by atoms with Crippen LogP contribution in [-0.2, 0) is 11.4 Å². The van der Waals surface area contributed by atoms with E-state index in [0.29, 0.717) is 0 Å². The summed E-state index contributed by atoms with van der Waals surface area (Å²) < 4.78 is 14.6. The molecule has 0 aliphatic heterocycles. The molecule has 3 heteroatoms. The van der Waals surface area contributed by atoms with E-state index >= 15 is 0 Å². The van der Waals surface area contributed by atoms with Gasteiger partial charge < -0.3 is 4.55 Å². The van der Waals surface area contributed by atoms with Gasteiger partial charge in [0.15, 0.2) is 0 Å². The molecule has 1 N–H and O–H groups in total. The maximum atomic E-state index is 11.6. The number of hydrogen-bond donors (Lipinski definition) is 1. The third-order valence-electron chi connectivity index (χ3n) is 2.80. The van der Waals surface area contributed by atoms with Gasteiger partial charge in [-0.15, -0.1) is 4.72 Å². The second-order valence-corrected chi connectivity index (χ2v) is 7.27. The van der Waals surface area contributed by atoms with E-state index in [1.54, 1.807) is 0 Å². The summed E-state index contributed by atoms with van der Waals surface area (Å²) in [5, 5.41) is 0. The van der Waals surface area contributed by atoms with Crippen LogP contribution in [0.5, 0.6) is 0 Å². The molecular formula is C11H23NOS. The molecule has 1 aliphatic carbocycles. The van der Waals surface area contributed by atoms with Crippen LogP contribution in [0.1, 0.15) is 52.9 Å². The summed E-state index contributed by atoms with van der Waals surface area (Å²) in [6, 6.07) is 0. The van der Waals surface area contributed by atoms with E-state index in [1.807, 2.05) is 20.8 Å². The molecule has 1 rings (SSSR count). The fourth-order valence-electron chi connectivity index (χ4n) is 1.55. The fourth-order valence-corrected chi connectivity index (χ4v) is 2.32. The van der Waals surface area contributed by atoms with Gasteiger partial charge in [-0.05, 0) is 39.5 Å². The Morgan fingerprint density at radius 2 is 2.00 bits per heavy atom. The minimum atomic E-state index is -0.886. The molecule has 2 nitrogen and oxygen atoms in total. The molecule has 0 saturated heterocycles. The van der Waals surface area contributed by atoms with Gasteiger partial charge in [-0.2, -0.15) is 0 Å². The third-order valence-corrected chi connectivity index (χ3v) is 4.38. The van der Waals surface area contributed by atoms with Crippen LogP contribution in [0.3, 0.4) is 0 Å². The van der Waals surface area contributed by atoms with E-state index < -0.39 is 11.4 Å². The van der Waals surface area contributed by atoms with Crippen LogP contribution < -0.4 is 4.72 Å². The van der Waals surface area contributed by atoms with Crippen molar-refractivity contribution in [1.29, 1.82) is 0 Å². The lowest BCUT2D eigenvalue weighted by Crippen LogP contribution is -2.39. The van der Waals surface area contributed by atoms with E-state index in [4.69, 9.17) is 0 Å². The van der Waals surface area contributed by atoms with E-state index in [2.05, 4.69) is 4.72 Å². The predicted molar refractivity (Wildman–Crippen MR) is 62.5 cm³/mol. The Bertz CT molecular complexity index is 163. The van der Waals surface area contributed by atoms with Crippen LogP contribution in [0.15, 0.2) is 0 Å². The molecule has 0 amide bonds. The molecule has 14 heavy (non-hydrogen) atoms. The van der Waals surface area contributed by atoms with Crippen molar-refractivity contribution >= 4 is 11.4 Å². The van der Waals surface area contributed by atoms with Crippen molar-refractivity contribution in [2.75, 3.05) is 6.54 Å². The predicted octanol–water partition coefficient (Wildman–Crippen LogP) is 2.62. The summed E-state index contributed by atoms with van der Waals surface area (Å²) in [6.07, 6.45) is 6.75. The zero-order chi connectivity index (χ0) is 10.6. The largest absolute Gasteiger partial charge is 0.598 e. The molecular weight excluding hydrogens is 194 g/mol. The Balaban J connectivity index is 1.97. The summed E-state index contributed by atoms with van der Waals surface area (Å²) >= 11 is -0.886. The molecule has 84 valence electrons. The highest BCUT2D eigenvalue weighted by atomic mass is 32.2. The first-order chi connectivity index (χ1) is 6.50. The van der Waals surface area contributed by atoms with E-state index in [9.17, 15) is 4.55 Å². The quantitative estimate of drug-likeness (QED) is 0.567. The van der Waals surface area contributed by atoms with Gasteiger partial charge in [0.1, 0.15) is 4.75 Å². The molecule has 1 aliphatic rings. The van der Waals surface area contributed by atoms with Crippen LogP contribution in [0.25, 0.3) is 0 Å². The van der Waals surface area contributed by atoms with Crippen molar-refractivity contribution < 1.29 is 4.55 Å². The molecule has 1 atom stereocenters. The molecule has 1 fully saturated rings. The summed E-state index contributed by atoms with van der Waals surface area (Å²) in [5.41, 5.74) is 0. The Labute approximate surface area is 91.2 Å². The van der Waals surface area contributed by atoms with Crippen LogP contribution in [0, 0.1) is 5.92 Å². The zero-order valence-corrected chi connectivity index (χ0v) is 10.5. The fraction of sp³-hybridized carbons (Fsp3) is 1.00. The van der Waals surface area contributed by atoms with Crippen LogP contribution in [-0.4, -0.2) is 15.8 Å². The summed E-state index contributed by atoms with van der Waals surface area (Å²) in [6.45, 7) is 6.91. The monoisotopic (exact) mass is 217 g/mol. The molecule has 1 unspecified atom stereocenters. The lowest BCUT2D eigenvalue weighted by atomic mass is 9.82. The minimum absolute atomic E-state index is 0.129. The van der Waals surface area contributed by atoms with Crippen molar-refractivity contribution in [3.05, 3.63) is 0 Å². The lowest BCUT2D eigenvalue weighted by Gasteiger charge is -2.26. The highest BCUT2D eigenvalue weighted by Gasteiger charge is 2.25. The maximum Gasteiger partial charge on any atom is 0.136 e. The van der Waals surface area contributed by atoms with Crippen molar-refractivity contribution in [1.82, 2.24) is 4.72 Å². The Hall–Kier alpha value is 0.270. The van der Waals surface area contributed by atoms with Gasteiger partial charge in [0.2, 0.25) is 0 Å². The first kappa shape index (κ1) is 12.3. The highest BCUT2D eigenvalue weighted by Crippen LogP contribution is 2.30. The molecule has 0 heterocycles. The van der Waals surface area contributed by atoms with Gasteiger partial charge in [-0.1, -0.05) is 19.3 Å². The Kier molecular flexibility index (Phi) is 4.74. The maximum absolute atomic E-state index is 11.6. The zero-order valence-electron chi connectivity index (χ0n) is 9.64. The van der Waals surface area contributed by atoms with Gasteiger partial charge >= 0.3 is 0 Å². The number of hydrogen-bond acceptors (Lipinski definition) is 2. The van der Waals surface area contributed by atoms with E-state index in [1.165, 1.54) is 32.1 Å². The molecule has 0 aromatic rings. The van der Waals surface area contributed by atoms with Crippen molar-refractivity contribution in [3.63, 3.8) is 0 Å². The van der Waals surface area contributed by atoms with Gasteiger partial charge in [-0.25, -0.2) is 0 Å². The SMILES string of the molecule is CC(C)(C)[S+]([O-])NCCCC1CCC1. The summed E-state index contributed by atoms with van der Waals surface area (Å²) in [4.78, 5) is 0. The van der Waals surface area contributed by atoms with Gasteiger partial charge in [-0.3, -0.25) is 0 Å².